The molecule has 0 aliphatic carbocycles. The maximum Gasteiger partial charge on any atom is 0.262 e. The molecule has 0 fully saturated rings. The lowest BCUT2D eigenvalue weighted by Gasteiger charge is -2.10. The summed E-state index contributed by atoms with van der Waals surface area (Å²) in [5.74, 6) is -1.02. The Morgan fingerprint density at radius 2 is 1.62 bits per heavy atom. The number of para-hydroxylation sites is 1. The molecule has 8 heteroatoms. The minimum absolute atomic E-state index is 0.0951. The topological polar surface area (TPSA) is 67.4 Å². The van der Waals surface area contributed by atoms with Crippen molar-refractivity contribution in [1.82, 2.24) is 0 Å². The van der Waals surface area contributed by atoms with Crippen LogP contribution in [-0.4, -0.2) is 18.4 Å². The lowest BCUT2D eigenvalue weighted by molar-refractivity contribution is -0.118. The van der Waals surface area contributed by atoms with Gasteiger partial charge in [-0.05, 0) is 48.5 Å². The summed E-state index contributed by atoms with van der Waals surface area (Å²) in [7, 11) is 0. The summed E-state index contributed by atoms with van der Waals surface area (Å²) in [5.41, 5.74) is 1.07. The van der Waals surface area contributed by atoms with Crippen LogP contribution in [0.1, 0.15) is 10.4 Å². The van der Waals surface area contributed by atoms with Crippen molar-refractivity contribution in [3.63, 3.8) is 0 Å². The van der Waals surface area contributed by atoms with Crippen LogP contribution >= 0.6 is 23.2 Å². The predicted octanol–water partition coefficient (Wildman–Crippen LogP) is 5.40. The summed E-state index contributed by atoms with van der Waals surface area (Å²) >= 11 is 11.7. The highest BCUT2D eigenvalue weighted by Gasteiger charge is 2.11. The minimum atomic E-state index is -0.576. The van der Waals surface area contributed by atoms with E-state index in [1.54, 1.807) is 42.5 Å². The second-order valence-corrected chi connectivity index (χ2v) is 6.75. The first kappa shape index (κ1) is 20.6. The molecule has 5 nitrogen and oxygen atoms in total. The Labute approximate surface area is 176 Å². The van der Waals surface area contributed by atoms with Crippen molar-refractivity contribution in [3.05, 3.63) is 88.2 Å². The summed E-state index contributed by atoms with van der Waals surface area (Å²) < 4.78 is 18.6. The van der Waals surface area contributed by atoms with Gasteiger partial charge in [0.25, 0.3) is 11.8 Å². The number of halogens is 3. The number of rotatable bonds is 6. The van der Waals surface area contributed by atoms with Crippen LogP contribution in [-0.2, 0) is 4.79 Å². The van der Waals surface area contributed by atoms with Crippen LogP contribution in [0, 0.1) is 5.82 Å². The predicted molar refractivity (Wildman–Crippen MR) is 111 cm³/mol. The lowest BCUT2D eigenvalue weighted by atomic mass is 10.2. The Bertz CT molecular complexity index is 1060. The Morgan fingerprint density at radius 3 is 2.38 bits per heavy atom. The van der Waals surface area contributed by atoms with Crippen molar-refractivity contribution in [2.75, 3.05) is 17.2 Å². The van der Waals surface area contributed by atoms with Crippen LogP contribution in [0.2, 0.25) is 10.0 Å². The molecule has 3 rings (SSSR count). The van der Waals surface area contributed by atoms with E-state index in [4.69, 9.17) is 27.9 Å². The third-order valence-corrected chi connectivity index (χ3v) is 4.38. The molecule has 148 valence electrons. The van der Waals surface area contributed by atoms with E-state index in [2.05, 4.69) is 10.6 Å². The van der Waals surface area contributed by atoms with Gasteiger partial charge >= 0.3 is 0 Å². The van der Waals surface area contributed by atoms with Gasteiger partial charge in [0.2, 0.25) is 0 Å². The van der Waals surface area contributed by atoms with E-state index in [1.165, 1.54) is 18.2 Å². The van der Waals surface area contributed by atoms with Gasteiger partial charge in [0.1, 0.15) is 11.6 Å². The Hall–Kier alpha value is -3.09. The van der Waals surface area contributed by atoms with Crippen molar-refractivity contribution < 1.29 is 18.7 Å². The molecule has 0 atom stereocenters. The van der Waals surface area contributed by atoms with Gasteiger partial charge in [-0.2, -0.15) is 0 Å². The molecule has 0 spiro atoms. The first-order valence-electron chi connectivity index (χ1n) is 8.46. The fourth-order valence-electron chi connectivity index (χ4n) is 2.42. The van der Waals surface area contributed by atoms with Crippen molar-refractivity contribution in [1.29, 1.82) is 0 Å². The van der Waals surface area contributed by atoms with Crippen LogP contribution in [0.4, 0.5) is 15.8 Å². The molecule has 0 unspecified atom stereocenters. The number of benzene rings is 3. The van der Waals surface area contributed by atoms with Gasteiger partial charge in [-0.1, -0.05) is 41.4 Å². The van der Waals surface area contributed by atoms with E-state index in [0.717, 1.165) is 6.07 Å². The summed E-state index contributed by atoms with van der Waals surface area (Å²) in [6.45, 7) is -0.242. The van der Waals surface area contributed by atoms with E-state index in [1.807, 2.05) is 0 Å². The molecule has 0 aliphatic rings. The largest absolute Gasteiger partial charge is 0.482 e. The van der Waals surface area contributed by atoms with Crippen LogP contribution in [0.5, 0.6) is 5.75 Å². The molecule has 3 aromatic carbocycles. The standard InChI is InChI=1S/C21H15Cl2FN2O3/c22-16-6-1-2-7-19(16)29-12-20(27)25-14-5-3-4-13(10-14)21(28)26-15-8-9-18(24)17(23)11-15/h1-11H,12H2,(H,25,27)(H,26,28). The Balaban J connectivity index is 1.61. The number of carbonyl (C=O) groups excluding carboxylic acids is 2. The van der Waals surface area contributed by atoms with E-state index in [-0.39, 0.29) is 11.6 Å². The molecule has 0 radical (unpaired) electrons. The van der Waals surface area contributed by atoms with Crippen molar-refractivity contribution in [3.8, 4) is 5.75 Å². The van der Waals surface area contributed by atoms with Gasteiger partial charge in [-0.3, -0.25) is 9.59 Å². The SMILES string of the molecule is O=C(COc1ccccc1Cl)Nc1cccc(C(=O)Nc2ccc(F)c(Cl)c2)c1. The number of amides is 2. The first-order chi connectivity index (χ1) is 13.9. The zero-order valence-corrected chi connectivity index (χ0v) is 16.4. The van der Waals surface area contributed by atoms with Crippen LogP contribution < -0.4 is 15.4 Å². The number of ether oxygens (including phenoxy) is 1. The molecule has 0 saturated heterocycles. The van der Waals surface area contributed by atoms with Gasteiger partial charge in [0.15, 0.2) is 6.61 Å². The van der Waals surface area contributed by atoms with Crippen LogP contribution in [0.25, 0.3) is 0 Å². The molecule has 0 heterocycles. The molecule has 29 heavy (non-hydrogen) atoms. The second-order valence-electron chi connectivity index (χ2n) is 5.93. The molecule has 0 bridgehead atoms. The summed E-state index contributed by atoms with van der Waals surface area (Å²) in [5, 5.41) is 5.57. The third kappa shape index (κ3) is 5.70. The summed E-state index contributed by atoms with van der Waals surface area (Å²) in [4.78, 5) is 24.5. The highest BCUT2D eigenvalue weighted by atomic mass is 35.5. The average Bonchev–Trinajstić information content (AvgIpc) is 2.70. The average molecular weight is 433 g/mol. The number of anilines is 2. The normalized spacial score (nSPS) is 10.3. The van der Waals surface area contributed by atoms with Crippen molar-refractivity contribution in [2.45, 2.75) is 0 Å². The molecular weight excluding hydrogens is 418 g/mol. The fourth-order valence-corrected chi connectivity index (χ4v) is 2.79. The number of hydrogen-bond donors (Lipinski definition) is 2. The van der Waals surface area contributed by atoms with Crippen molar-refractivity contribution >= 4 is 46.4 Å². The summed E-state index contributed by atoms with van der Waals surface area (Å²) in [6, 6.07) is 17.0. The molecule has 0 aliphatic heterocycles. The van der Waals surface area contributed by atoms with Gasteiger partial charge in [-0.15, -0.1) is 0 Å². The molecule has 0 aromatic heterocycles. The zero-order valence-electron chi connectivity index (χ0n) is 14.9. The van der Waals surface area contributed by atoms with Crippen molar-refractivity contribution in [2.24, 2.45) is 0 Å². The maximum atomic E-state index is 13.2. The Kier molecular flexibility index (Phi) is 6.69. The minimum Gasteiger partial charge on any atom is -0.482 e. The van der Waals surface area contributed by atoms with Gasteiger partial charge < -0.3 is 15.4 Å². The summed E-state index contributed by atoms with van der Waals surface area (Å²) in [6.07, 6.45) is 0. The molecule has 2 N–H and O–H groups in total. The highest BCUT2D eigenvalue weighted by molar-refractivity contribution is 6.32. The monoisotopic (exact) mass is 432 g/mol. The molecule has 2 amide bonds. The smallest absolute Gasteiger partial charge is 0.262 e. The van der Waals surface area contributed by atoms with E-state index in [0.29, 0.717) is 27.7 Å². The van der Waals surface area contributed by atoms with E-state index < -0.39 is 17.6 Å². The molecule has 3 aromatic rings. The number of carbonyl (C=O) groups is 2. The highest BCUT2D eigenvalue weighted by Crippen LogP contribution is 2.23. The van der Waals surface area contributed by atoms with Crippen LogP contribution in [0.3, 0.4) is 0 Å². The fraction of sp³-hybridized carbons (Fsp3) is 0.0476. The Morgan fingerprint density at radius 1 is 0.862 bits per heavy atom. The number of hydrogen-bond acceptors (Lipinski definition) is 3. The van der Waals surface area contributed by atoms with Gasteiger partial charge in [0.05, 0.1) is 10.0 Å². The quantitative estimate of drug-likeness (QED) is 0.547. The van der Waals surface area contributed by atoms with E-state index >= 15 is 0 Å². The third-order valence-electron chi connectivity index (χ3n) is 3.78. The van der Waals surface area contributed by atoms with Crippen LogP contribution in [0.15, 0.2) is 66.7 Å². The number of nitrogens with one attached hydrogen (secondary N) is 2. The zero-order chi connectivity index (χ0) is 20.8. The first-order valence-corrected chi connectivity index (χ1v) is 9.21. The maximum absolute atomic E-state index is 13.2. The van der Waals surface area contributed by atoms with Gasteiger partial charge in [0, 0.05) is 16.9 Å². The van der Waals surface area contributed by atoms with E-state index in [9.17, 15) is 14.0 Å². The lowest BCUT2D eigenvalue weighted by Crippen LogP contribution is -2.20. The molecular formula is C21H15Cl2FN2O3. The van der Waals surface area contributed by atoms with Gasteiger partial charge in [-0.25, -0.2) is 4.39 Å². The molecule has 0 saturated carbocycles. The second kappa shape index (κ2) is 9.41.